The molecule has 0 saturated heterocycles. The minimum Gasteiger partial charge on any atom is -0.485 e. The molecule has 1 N–H and O–H groups in total. The summed E-state index contributed by atoms with van der Waals surface area (Å²) in [4.78, 5) is 12.3. The van der Waals surface area contributed by atoms with Crippen LogP contribution in [0.5, 0.6) is 5.75 Å². The van der Waals surface area contributed by atoms with Crippen LogP contribution < -0.4 is 10.1 Å². The molecule has 3 rings (SSSR count). The van der Waals surface area contributed by atoms with E-state index in [0.717, 1.165) is 11.3 Å². The molecule has 0 atom stereocenters. The monoisotopic (exact) mass is 336 g/mol. The molecule has 2 aromatic heterocycles. The Morgan fingerprint density at radius 1 is 1.36 bits per heavy atom. The highest BCUT2D eigenvalue weighted by molar-refractivity contribution is 6.02. The van der Waals surface area contributed by atoms with Crippen LogP contribution in [-0.4, -0.2) is 15.7 Å². The number of nitrogens with zero attached hydrogens (tertiary/aromatic N) is 3. The molecule has 3 aromatic rings. The smallest absolute Gasteiger partial charge is 0.292 e. The first-order valence-electron chi connectivity index (χ1n) is 7.59. The molecule has 0 fully saturated rings. The first-order valence-corrected chi connectivity index (χ1v) is 7.59. The van der Waals surface area contributed by atoms with Crippen LogP contribution in [0, 0.1) is 18.3 Å². The zero-order valence-corrected chi connectivity index (χ0v) is 13.8. The van der Waals surface area contributed by atoms with Gasteiger partial charge in [-0.25, -0.2) is 0 Å². The molecule has 1 amide bonds. The highest BCUT2D eigenvalue weighted by Crippen LogP contribution is 2.19. The zero-order chi connectivity index (χ0) is 17.8. The van der Waals surface area contributed by atoms with Crippen LogP contribution in [0.4, 0.5) is 5.82 Å². The molecule has 1 aromatic carbocycles. The summed E-state index contributed by atoms with van der Waals surface area (Å²) >= 11 is 0. The second-order valence-corrected chi connectivity index (χ2v) is 5.42. The number of aromatic nitrogens is 2. The number of rotatable bonds is 5. The van der Waals surface area contributed by atoms with Crippen molar-refractivity contribution in [1.29, 1.82) is 5.26 Å². The molecule has 0 aliphatic heterocycles. The number of carbonyl (C=O) groups is 1. The number of nitrogens with one attached hydrogen (secondary N) is 1. The zero-order valence-electron chi connectivity index (χ0n) is 13.8. The minimum atomic E-state index is -0.456. The maximum absolute atomic E-state index is 12.3. The predicted octanol–water partition coefficient (Wildman–Crippen LogP) is 3.02. The second kappa shape index (κ2) is 6.93. The number of benzene rings is 1. The van der Waals surface area contributed by atoms with Crippen LogP contribution in [0.1, 0.15) is 27.4 Å². The lowest BCUT2D eigenvalue weighted by molar-refractivity contribution is 0.0991. The number of amides is 1. The Labute approximate surface area is 144 Å². The third-order valence-electron chi connectivity index (χ3n) is 3.64. The van der Waals surface area contributed by atoms with E-state index in [1.165, 1.54) is 10.9 Å². The standard InChI is InChI=1S/C18H16N4O3/c1-12-5-3-4-6-15(12)24-11-14-7-8-16(25-14)18(23)21-17-13(9-19)10-20-22(17)2/h3-8,10H,11H2,1-2H3,(H,21,23). The number of nitriles is 1. The Kier molecular flexibility index (Phi) is 4.53. The van der Waals surface area contributed by atoms with Crippen molar-refractivity contribution in [3.63, 3.8) is 0 Å². The molecule has 126 valence electrons. The van der Waals surface area contributed by atoms with Gasteiger partial charge in [0.2, 0.25) is 0 Å². The van der Waals surface area contributed by atoms with Crippen LogP contribution in [0.25, 0.3) is 0 Å². The summed E-state index contributed by atoms with van der Waals surface area (Å²) in [6.45, 7) is 2.17. The maximum atomic E-state index is 12.3. The van der Waals surface area contributed by atoms with E-state index in [-0.39, 0.29) is 17.9 Å². The van der Waals surface area contributed by atoms with E-state index < -0.39 is 5.91 Å². The van der Waals surface area contributed by atoms with Crippen molar-refractivity contribution in [2.75, 3.05) is 5.32 Å². The van der Waals surface area contributed by atoms with Gasteiger partial charge in [-0.1, -0.05) is 18.2 Å². The fourth-order valence-electron chi connectivity index (χ4n) is 2.28. The van der Waals surface area contributed by atoms with Crippen molar-refractivity contribution in [1.82, 2.24) is 9.78 Å². The van der Waals surface area contributed by atoms with E-state index in [1.807, 2.05) is 37.3 Å². The molecule has 0 unspecified atom stereocenters. The van der Waals surface area contributed by atoms with Crippen LogP contribution >= 0.6 is 0 Å². The summed E-state index contributed by atoms with van der Waals surface area (Å²) in [5.74, 6) is 1.29. The summed E-state index contributed by atoms with van der Waals surface area (Å²) in [6.07, 6.45) is 1.39. The number of aryl methyl sites for hydroxylation is 2. The Morgan fingerprint density at radius 3 is 2.92 bits per heavy atom. The minimum absolute atomic E-state index is 0.133. The van der Waals surface area contributed by atoms with Crippen molar-refractivity contribution in [3.05, 3.63) is 65.2 Å². The summed E-state index contributed by atoms with van der Waals surface area (Å²) in [5.41, 5.74) is 1.30. The van der Waals surface area contributed by atoms with Crippen LogP contribution in [-0.2, 0) is 13.7 Å². The van der Waals surface area contributed by atoms with Gasteiger partial charge in [-0.2, -0.15) is 10.4 Å². The van der Waals surface area contributed by atoms with E-state index in [1.54, 1.807) is 19.2 Å². The lowest BCUT2D eigenvalue weighted by Crippen LogP contribution is -2.14. The van der Waals surface area contributed by atoms with E-state index in [2.05, 4.69) is 10.4 Å². The predicted molar refractivity (Wildman–Crippen MR) is 90.1 cm³/mol. The molecule has 0 saturated carbocycles. The van der Waals surface area contributed by atoms with Crippen molar-refractivity contribution in [3.8, 4) is 11.8 Å². The highest BCUT2D eigenvalue weighted by Gasteiger charge is 2.16. The van der Waals surface area contributed by atoms with Crippen molar-refractivity contribution in [2.45, 2.75) is 13.5 Å². The van der Waals surface area contributed by atoms with E-state index in [4.69, 9.17) is 14.4 Å². The van der Waals surface area contributed by atoms with Gasteiger partial charge in [-0.15, -0.1) is 0 Å². The summed E-state index contributed by atoms with van der Waals surface area (Å²) in [5, 5.41) is 15.6. The topological polar surface area (TPSA) is 93.1 Å². The molecule has 25 heavy (non-hydrogen) atoms. The number of ether oxygens (including phenoxy) is 1. The molecule has 7 nitrogen and oxygen atoms in total. The van der Waals surface area contributed by atoms with Gasteiger partial charge in [0, 0.05) is 7.05 Å². The Balaban J connectivity index is 1.67. The third-order valence-corrected chi connectivity index (χ3v) is 3.64. The first-order chi connectivity index (χ1) is 12.1. The van der Waals surface area contributed by atoms with Crippen LogP contribution in [0.3, 0.4) is 0 Å². The molecule has 7 heteroatoms. The quantitative estimate of drug-likeness (QED) is 0.773. The average molecular weight is 336 g/mol. The Hall–Kier alpha value is -3.53. The van der Waals surface area contributed by atoms with Crippen molar-refractivity contribution < 1.29 is 13.9 Å². The largest absolute Gasteiger partial charge is 0.485 e. The van der Waals surface area contributed by atoms with Crippen molar-refractivity contribution >= 4 is 11.7 Å². The molecule has 2 heterocycles. The third kappa shape index (κ3) is 3.53. The van der Waals surface area contributed by atoms with Gasteiger partial charge < -0.3 is 14.5 Å². The van der Waals surface area contributed by atoms with E-state index in [0.29, 0.717) is 11.6 Å². The number of anilines is 1. The second-order valence-electron chi connectivity index (χ2n) is 5.42. The highest BCUT2D eigenvalue weighted by atomic mass is 16.5. The normalized spacial score (nSPS) is 10.3. The van der Waals surface area contributed by atoms with Gasteiger partial charge in [0.25, 0.3) is 5.91 Å². The molecular formula is C18H16N4O3. The lowest BCUT2D eigenvalue weighted by Gasteiger charge is -2.07. The van der Waals surface area contributed by atoms with E-state index >= 15 is 0 Å². The van der Waals surface area contributed by atoms with Gasteiger partial charge in [0.15, 0.2) is 5.76 Å². The fraction of sp³-hybridized carbons (Fsp3) is 0.167. The lowest BCUT2D eigenvalue weighted by atomic mass is 10.2. The molecule has 0 aliphatic carbocycles. The molecule has 0 radical (unpaired) electrons. The molecule has 0 aliphatic rings. The average Bonchev–Trinajstić information content (AvgIpc) is 3.22. The van der Waals surface area contributed by atoms with Crippen molar-refractivity contribution in [2.24, 2.45) is 7.05 Å². The number of hydrogen-bond acceptors (Lipinski definition) is 5. The van der Waals surface area contributed by atoms with Gasteiger partial charge in [0.1, 0.15) is 35.6 Å². The Morgan fingerprint density at radius 2 is 2.16 bits per heavy atom. The molecular weight excluding hydrogens is 320 g/mol. The van der Waals surface area contributed by atoms with Gasteiger partial charge in [0.05, 0.1) is 6.20 Å². The summed E-state index contributed by atoms with van der Waals surface area (Å²) in [7, 11) is 1.64. The number of para-hydroxylation sites is 1. The summed E-state index contributed by atoms with van der Waals surface area (Å²) in [6, 6.07) is 12.9. The fourth-order valence-corrected chi connectivity index (χ4v) is 2.28. The van der Waals surface area contributed by atoms with Gasteiger partial charge in [-0.3, -0.25) is 9.48 Å². The van der Waals surface area contributed by atoms with Gasteiger partial charge >= 0.3 is 0 Å². The van der Waals surface area contributed by atoms with E-state index in [9.17, 15) is 4.79 Å². The molecule has 0 bridgehead atoms. The van der Waals surface area contributed by atoms with Crippen LogP contribution in [0.15, 0.2) is 47.0 Å². The number of hydrogen-bond donors (Lipinski definition) is 1. The maximum Gasteiger partial charge on any atom is 0.292 e. The summed E-state index contributed by atoms with van der Waals surface area (Å²) < 4.78 is 12.6. The molecule has 0 spiro atoms. The van der Waals surface area contributed by atoms with Gasteiger partial charge in [-0.05, 0) is 30.7 Å². The first kappa shape index (κ1) is 16.3. The number of carbonyl (C=O) groups excluding carboxylic acids is 1. The van der Waals surface area contributed by atoms with Crippen LogP contribution in [0.2, 0.25) is 0 Å². The number of furan rings is 1. The SMILES string of the molecule is Cc1ccccc1OCc1ccc(C(=O)Nc2c(C#N)cnn2C)o1. The Bertz CT molecular complexity index is 949.